The molecule has 5 nitrogen and oxygen atoms in total. The average molecular weight is 393 g/mol. The molecule has 1 aliphatic heterocycles. The minimum absolute atomic E-state index is 0.0608. The Balaban J connectivity index is 1.40. The predicted octanol–water partition coefficient (Wildman–Crippen LogP) is 3.78. The first-order valence-corrected chi connectivity index (χ1v) is 10.4. The summed E-state index contributed by atoms with van der Waals surface area (Å²) >= 11 is 1.69. The molecule has 6 heteroatoms. The third kappa shape index (κ3) is 4.29. The average Bonchev–Trinajstić information content (AvgIpc) is 3.13. The first-order valence-electron chi connectivity index (χ1n) is 9.53. The van der Waals surface area contributed by atoms with Crippen LogP contribution in [0.5, 0.6) is 0 Å². The molecule has 0 aliphatic carbocycles. The van der Waals surface area contributed by atoms with Crippen molar-refractivity contribution in [3.05, 3.63) is 69.9 Å². The maximum Gasteiger partial charge on any atom is 0.255 e. The van der Waals surface area contributed by atoms with Gasteiger partial charge in [0.15, 0.2) is 0 Å². The summed E-state index contributed by atoms with van der Waals surface area (Å²) in [4.78, 5) is 26.1. The Hall–Kier alpha value is -2.57. The summed E-state index contributed by atoms with van der Waals surface area (Å²) in [7, 11) is 0. The van der Waals surface area contributed by atoms with Gasteiger partial charge in [0.05, 0.1) is 16.3 Å². The van der Waals surface area contributed by atoms with Crippen molar-refractivity contribution in [1.29, 1.82) is 0 Å². The summed E-state index contributed by atoms with van der Waals surface area (Å²) in [6.07, 6.45) is 3.49. The van der Waals surface area contributed by atoms with E-state index in [0.29, 0.717) is 5.56 Å². The molecule has 144 valence electrons. The van der Waals surface area contributed by atoms with Crippen LogP contribution in [0.15, 0.2) is 48.1 Å². The Bertz CT molecular complexity index is 959. The fourth-order valence-electron chi connectivity index (χ4n) is 3.46. The Morgan fingerprint density at radius 1 is 1.04 bits per heavy atom. The first kappa shape index (κ1) is 18.8. The number of pyridine rings is 1. The van der Waals surface area contributed by atoms with Gasteiger partial charge < -0.3 is 4.90 Å². The number of benzene rings is 1. The van der Waals surface area contributed by atoms with Crippen LogP contribution in [0.25, 0.3) is 11.1 Å². The molecule has 28 heavy (non-hydrogen) atoms. The smallest absolute Gasteiger partial charge is 0.255 e. The van der Waals surface area contributed by atoms with Gasteiger partial charge in [0.1, 0.15) is 0 Å². The molecular formula is C22H24N4OS. The van der Waals surface area contributed by atoms with Gasteiger partial charge in [-0.1, -0.05) is 29.8 Å². The predicted molar refractivity (Wildman–Crippen MR) is 112 cm³/mol. The molecule has 0 N–H and O–H groups in total. The van der Waals surface area contributed by atoms with Crippen molar-refractivity contribution < 1.29 is 4.79 Å². The van der Waals surface area contributed by atoms with Gasteiger partial charge in [-0.15, -0.1) is 11.3 Å². The maximum absolute atomic E-state index is 13.0. The lowest BCUT2D eigenvalue weighted by atomic mass is 10.0. The van der Waals surface area contributed by atoms with E-state index in [1.54, 1.807) is 17.5 Å². The van der Waals surface area contributed by atoms with Crippen LogP contribution in [0, 0.1) is 13.8 Å². The fraction of sp³-hybridized carbons (Fsp3) is 0.318. The van der Waals surface area contributed by atoms with Gasteiger partial charge in [-0.05, 0) is 25.5 Å². The van der Waals surface area contributed by atoms with Crippen LogP contribution >= 0.6 is 11.3 Å². The van der Waals surface area contributed by atoms with Crippen molar-refractivity contribution in [1.82, 2.24) is 19.8 Å². The SMILES string of the molecule is Cc1ccc(-c2cncc(C(=O)N3CCN(Cc4csc(C)n4)CC3)c2)cc1. The van der Waals surface area contributed by atoms with E-state index >= 15 is 0 Å². The molecule has 0 spiro atoms. The molecule has 0 radical (unpaired) electrons. The number of aromatic nitrogens is 2. The fourth-order valence-corrected chi connectivity index (χ4v) is 4.07. The van der Waals surface area contributed by atoms with E-state index < -0.39 is 0 Å². The summed E-state index contributed by atoms with van der Waals surface area (Å²) in [5.74, 6) is 0.0608. The van der Waals surface area contributed by atoms with Crippen LogP contribution in [0.4, 0.5) is 0 Å². The third-order valence-corrected chi connectivity index (χ3v) is 5.90. The molecule has 0 bridgehead atoms. The number of thiazole rings is 1. The second-order valence-electron chi connectivity index (χ2n) is 7.25. The lowest BCUT2D eigenvalue weighted by Crippen LogP contribution is -2.48. The molecule has 0 saturated carbocycles. The first-order chi connectivity index (χ1) is 13.6. The van der Waals surface area contributed by atoms with E-state index in [0.717, 1.165) is 54.6 Å². The van der Waals surface area contributed by atoms with E-state index in [1.807, 2.05) is 24.1 Å². The van der Waals surface area contributed by atoms with Crippen molar-refractivity contribution in [3.8, 4) is 11.1 Å². The second-order valence-corrected chi connectivity index (χ2v) is 8.32. The highest BCUT2D eigenvalue weighted by Gasteiger charge is 2.23. The van der Waals surface area contributed by atoms with Crippen molar-refractivity contribution in [2.75, 3.05) is 26.2 Å². The van der Waals surface area contributed by atoms with Gasteiger partial charge in [-0.25, -0.2) is 4.98 Å². The molecule has 3 heterocycles. The van der Waals surface area contributed by atoms with Gasteiger partial charge in [-0.3, -0.25) is 14.7 Å². The number of hydrogen-bond acceptors (Lipinski definition) is 5. The van der Waals surface area contributed by atoms with E-state index in [9.17, 15) is 4.79 Å². The molecule has 2 aromatic heterocycles. The highest BCUT2D eigenvalue weighted by Crippen LogP contribution is 2.21. The standard InChI is InChI=1S/C22H24N4OS/c1-16-3-5-18(6-4-16)19-11-20(13-23-12-19)22(27)26-9-7-25(8-10-26)14-21-15-28-17(2)24-21/h3-6,11-13,15H,7-10,14H2,1-2H3. The van der Waals surface area contributed by atoms with Gasteiger partial charge in [-0.2, -0.15) is 0 Å². The summed E-state index contributed by atoms with van der Waals surface area (Å²) in [5, 5.41) is 3.22. The van der Waals surface area contributed by atoms with E-state index in [1.165, 1.54) is 5.56 Å². The van der Waals surface area contributed by atoms with E-state index in [-0.39, 0.29) is 5.91 Å². The number of carbonyl (C=O) groups excluding carboxylic acids is 1. The number of rotatable bonds is 4. The van der Waals surface area contributed by atoms with Gasteiger partial charge in [0.25, 0.3) is 5.91 Å². The maximum atomic E-state index is 13.0. The Morgan fingerprint density at radius 2 is 1.79 bits per heavy atom. The van der Waals surface area contributed by atoms with Crippen LogP contribution in [-0.2, 0) is 6.54 Å². The number of hydrogen-bond donors (Lipinski definition) is 0. The quantitative estimate of drug-likeness (QED) is 0.678. The lowest BCUT2D eigenvalue weighted by molar-refractivity contribution is 0.0627. The normalized spacial score (nSPS) is 15.0. The number of amides is 1. The van der Waals surface area contributed by atoms with Crippen molar-refractivity contribution in [2.45, 2.75) is 20.4 Å². The lowest BCUT2D eigenvalue weighted by Gasteiger charge is -2.34. The van der Waals surface area contributed by atoms with Gasteiger partial charge >= 0.3 is 0 Å². The Labute approximate surface area is 169 Å². The van der Waals surface area contributed by atoms with E-state index in [4.69, 9.17) is 0 Å². The zero-order chi connectivity index (χ0) is 19.5. The molecule has 3 aromatic rings. The highest BCUT2D eigenvalue weighted by atomic mass is 32.1. The van der Waals surface area contributed by atoms with E-state index in [2.05, 4.69) is 51.4 Å². The number of aryl methyl sites for hydroxylation is 2. The van der Waals surface area contributed by atoms with Crippen LogP contribution in [0.1, 0.15) is 26.6 Å². The third-order valence-electron chi connectivity index (χ3n) is 5.08. The number of piperazine rings is 1. The molecule has 1 saturated heterocycles. The molecule has 1 aromatic carbocycles. The molecule has 1 aliphatic rings. The minimum Gasteiger partial charge on any atom is -0.336 e. The molecule has 1 fully saturated rings. The number of nitrogens with zero attached hydrogens (tertiary/aromatic N) is 4. The number of carbonyl (C=O) groups is 1. The zero-order valence-electron chi connectivity index (χ0n) is 16.3. The summed E-state index contributed by atoms with van der Waals surface area (Å²) in [6.45, 7) is 8.16. The largest absolute Gasteiger partial charge is 0.336 e. The molecule has 0 unspecified atom stereocenters. The Morgan fingerprint density at radius 3 is 2.46 bits per heavy atom. The molecular weight excluding hydrogens is 368 g/mol. The van der Waals surface area contributed by atoms with Crippen molar-refractivity contribution in [2.24, 2.45) is 0 Å². The summed E-state index contributed by atoms with van der Waals surface area (Å²) in [6, 6.07) is 10.2. The van der Waals surface area contributed by atoms with Crippen molar-refractivity contribution in [3.63, 3.8) is 0 Å². The van der Waals surface area contributed by atoms with Gasteiger partial charge in [0, 0.05) is 56.1 Å². The monoisotopic (exact) mass is 392 g/mol. The molecule has 4 rings (SSSR count). The summed E-state index contributed by atoms with van der Waals surface area (Å²) < 4.78 is 0. The van der Waals surface area contributed by atoms with Crippen LogP contribution in [0.3, 0.4) is 0 Å². The van der Waals surface area contributed by atoms with Crippen LogP contribution < -0.4 is 0 Å². The molecule has 1 amide bonds. The topological polar surface area (TPSA) is 49.3 Å². The van der Waals surface area contributed by atoms with Crippen molar-refractivity contribution >= 4 is 17.2 Å². The van der Waals surface area contributed by atoms with Gasteiger partial charge in [0.2, 0.25) is 0 Å². The highest BCUT2D eigenvalue weighted by molar-refractivity contribution is 7.09. The second kappa shape index (κ2) is 8.20. The van der Waals surface area contributed by atoms with Crippen LogP contribution in [0.2, 0.25) is 0 Å². The zero-order valence-corrected chi connectivity index (χ0v) is 17.1. The van der Waals surface area contributed by atoms with Crippen LogP contribution in [-0.4, -0.2) is 51.9 Å². The Kier molecular flexibility index (Phi) is 5.50. The summed E-state index contributed by atoms with van der Waals surface area (Å²) in [5.41, 5.74) is 5.05. The minimum atomic E-state index is 0.0608. The molecule has 0 atom stereocenters.